The zero-order valence-electron chi connectivity index (χ0n) is 7.50. The highest BCUT2D eigenvalue weighted by molar-refractivity contribution is 5.37. The van der Waals surface area contributed by atoms with Crippen LogP contribution in [0.3, 0.4) is 0 Å². The fourth-order valence-electron chi connectivity index (χ4n) is 1.14. The number of hydrogen-bond acceptors (Lipinski definition) is 2. The molecule has 0 saturated carbocycles. The van der Waals surface area contributed by atoms with Crippen molar-refractivity contribution in [1.82, 2.24) is 0 Å². The van der Waals surface area contributed by atoms with Crippen LogP contribution in [0.5, 0.6) is 5.75 Å². The average Bonchev–Trinajstić information content (AvgIpc) is 2.16. The lowest BCUT2D eigenvalue weighted by Crippen LogP contribution is -1.93. The number of aliphatic hydroxyl groups excluding tert-OH is 1. The molecule has 1 N–H and O–H groups in total. The van der Waals surface area contributed by atoms with Crippen molar-refractivity contribution < 1.29 is 9.84 Å². The van der Waals surface area contributed by atoms with Crippen LogP contribution in [0, 0.1) is 0 Å². The van der Waals surface area contributed by atoms with Crippen molar-refractivity contribution in [3.63, 3.8) is 0 Å². The highest BCUT2D eigenvalue weighted by Crippen LogP contribution is 2.20. The van der Waals surface area contributed by atoms with Crippen LogP contribution in [0.15, 0.2) is 18.2 Å². The van der Waals surface area contributed by atoms with Gasteiger partial charge in [0.15, 0.2) is 0 Å². The molecule has 0 spiro atoms. The van der Waals surface area contributed by atoms with Gasteiger partial charge in [-0.15, -0.1) is 0 Å². The van der Waals surface area contributed by atoms with E-state index >= 15 is 0 Å². The quantitative estimate of drug-likeness (QED) is 0.741. The van der Waals surface area contributed by atoms with Crippen molar-refractivity contribution >= 4 is 0 Å². The molecular formula is C10H14O2. The Labute approximate surface area is 72.8 Å². The number of benzene rings is 1. The lowest BCUT2D eigenvalue weighted by molar-refractivity contribution is 0.273. The minimum Gasteiger partial charge on any atom is -0.496 e. The fourth-order valence-corrected chi connectivity index (χ4v) is 1.14. The molecule has 0 radical (unpaired) electrons. The molecule has 12 heavy (non-hydrogen) atoms. The van der Waals surface area contributed by atoms with Gasteiger partial charge in [-0.3, -0.25) is 0 Å². The topological polar surface area (TPSA) is 29.5 Å². The third-order valence-electron chi connectivity index (χ3n) is 1.93. The number of methoxy groups -OCH3 is 1. The summed E-state index contributed by atoms with van der Waals surface area (Å²) < 4.78 is 5.12. The molecule has 0 saturated heterocycles. The second-order valence-electron chi connectivity index (χ2n) is 2.66. The van der Waals surface area contributed by atoms with Crippen LogP contribution in [-0.2, 0) is 13.0 Å². The molecule has 1 aromatic rings. The summed E-state index contributed by atoms with van der Waals surface area (Å²) in [6.07, 6.45) is 0.988. The summed E-state index contributed by atoms with van der Waals surface area (Å²) in [5, 5.41) is 8.93. The second-order valence-corrected chi connectivity index (χ2v) is 2.66. The molecule has 0 aliphatic heterocycles. The van der Waals surface area contributed by atoms with Crippen molar-refractivity contribution in [2.75, 3.05) is 7.11 Å². The van der Waals surface area contributed by atoms with Crippen LogP contribution in [0.1, 0.15) is 18.1 Å². The van der Waals surface area contributed by atoms with Gasteiger partial charge in [-0.25, -0.2) is 0 Å². The Morgan fingerprint density at radius 2 is 2.17 bits per heavy atom. The number of aliphatic hydroxyl groups is 1. The van der Waals surface area contributed by atoms with E-state index in [0.29, 0.717) is 0 Å². The number of rotatable bonds is 3. The van der Waals surface area contributed by atoms with Crippen LogP contribution in [-0.4, -0.2) is 12.2 Å². The molecule has 0 atom stereocenters. The third kappa shape index (κ3) is 1.77. The maximum Gasteiger partial charge on any atom is 0.124 e. The Morgan fingerprint density at radius 1 is 1.42 bits per heavy atom. The fraction of sp³-hybridized carbons (Fsp3) is 0.400. The molecule has 0 heterocycles. The monoisotopic (exact) mass is 166 g/mol. The molecule has 66 valence electrons. The van der Waals surface area contributed by atoms with E-state index in [1.807, 2.05) is 18.2 Å². The maximum absolute atomic E-state index is 8.93. The summed E-state index contributed by atoms with van der Waals surface area (Å²) in [5.74, 6) is 0.775. The minimum atomic E-state index is 0.0349. The zero-order chi connectivity index (χ0) is 8.97. The summed E-state index contributed by atoms with van der Waals surface area (Å²) in [7, 11) is 1.62. The summed E-state index contributed by atoms with van der Waals surface area (Å²) in [5.41, 5.74) is 2.07. The Balaban J connectivity index is 3.02. The standard InChI is InChI=1S/C10H14O2/c1-3-8-4-5-9(7-11)10(6-8)12-2/h4-6,11H,3,7H2,1-2H3. The maximum atomic E-state index is 8.93. The molecule has 0 amide bonds. The molecule has 2 nitrogen and oxygen atoms in total. The van der Waals surface area contributed by atoms with Gasteiger partial charge in [0, 0.05) is 5.56 Å². The van der Waals surface area contributed by atoms with E-state index in [0.717, 1.165) is 17.7 Å². The largest absolute Gasteiger partial charge is 0.496 e. The highest BCUT2D eigenvalue weighted by Gasteiger charge is 2.01. The van der Waals surface area contributed by atoms with Crippen molar-refractivity contribution in [3.05, 3.63) is 29.3 Å². The lowest BCUT2D eigenvalue weighted by atomic mass is 10.1. The van der Waals surface area contributed by atoms with Crippen molar-refractivity contribution in [2.45, 2.75) is 20.0 Å². The van der Waals surface area contributed by atoms with Gasteiger partial charge in [0.2, 0.25) is 0 Å². The Bertz CT molecular complexity index is 256. The van der Waals surface area contributed by atoms with E-state index in [1.165, 1.54) is 5.56 Å². The number of ether oxygens (including phenoxy) is 1. The van der Waals surface area contributed by atoms with E-state index in [-0.39, 0.29) is 6.61 Å². The lowest BCUT2D eigenvalue weighted by Gasteiger charge is -2.07. The van der Waals surface area contributed by atoms with E-state index < -0.39 is 0 Å². The van der Waals surface area contributed by atoms with Crippen LogP contribution >= 0.6 is 0 Å². The number of aryl methyl sites for hydroxylation is 1. The van der Waals surface area contributed by atoms with Gasteiger partial charge < -0.3 is 9.84 Å². The first-order chi connectivity index (χ1) is 5.81. The van der Waals surface area contributed by atoms with Crippen molar-refractivity contribution in [1.29, 1.82) is 0 Å². The van der Waals surface area contributed by atoms with Crippen LogP contribution in [0.2, 0.25) is 0 Å². The smallest absolute Gasteiger partial charge is 0.124 e. The number of hydrogen-bond donors (Lipinski definition) is 1. The van der Waals surface area contributed by atoms with Crippen molar-refractivity contribution in [3.8, 4) is 5.75 Å². The molecule has 1 aromatic carbocycles. The summed E-state index contributed by atoms with van der Waals surface area (Å²) >= 11 is 0. The first-order valence-corrected chi connectivity index (χ1v) is 4.08. The molecule has 2 heteroatoms. The molecule has 0 unspecified atom stereocenters. The van der Waals surface area contributed by atoms with Gasteiger partial charge >= 0.3 is 0 Å². The molecular weight excluding hydrogens is 152 g/mol. The Kier molecular flexibility index (Phi) is 3.11. The molecule has 0 aliphatic carbocycles. The van der Waals surface area contributed by atoms with Crippen LogP contribution < -0.4 is 4.74 Å². The van der Waals surface area contributed by atoms with Crippen LogP contribution in [0.25, 0.3) is 0 Å². The molecule has 0 aromatic heterocycles. The third-order valence-corrected chi connectivity index (χ3v) is 1.93. The average molecular weight is 166 g/mol. The first kappa shape index (κ1) is 9.07. The van der Waals surface area contributed by atoms with Crippen molar-refractivity contribution in [2.24, 2.45) is 0 Å². The molecule has 1 rings (SSSR count). The van der Waals surface area contributed by atoms with Crippen LogP contribution in [0.4, 0.5) is 0 Å². The summed E-state index contributed by atoms with van der Waals surface area (Å²) in [6.45, 7) is 2.13. The molecule has 0 bridgehead atoms. The predicted octanol–water partition coefficient (Wildman–Crippen LogP) is 1.75. The Hall–Kier alpha value is -1.02. The summed E-state index contributed by atoms with van der Waals surface area (Å²) in [4.78, 5) is 0. The normalized spacial score (nSPS) is 9.92. The molecule has 0 aliphatic rings. The van der Waals surface area contributed by atoms with Gasteiger partial charge in [0.05, 0.1) is 13.7 Å². The predicted molar refractivity (Wildman–Crippen MR) is 48.3 cm³/mol. The highest BCUT2D eigenvalue weighted by atomic mass is 16.5. The molecule has 0 fully saturated rings. The Morgan fingerprint density at radius 3 is 2.67 bits per heavy atom. The van der Waals surface area contributed by atoms with Gasteiger partial charge in [0.25, 0.3) is 0 Å². The van der Waals surface area contributed by atoms with Gasteiger partial charge in [-0.05, 0) is 18.1 Å². The van der Waals surface area contributed by atoms with E-state index in [2.05, 4.69) is 6.92 Å². The van der Waals surface area contributed by atoms with E-state index in [4.69, 9.17) is 9.84 Å². The van der Waals surface area contributed by atoms with Gasteiger partial charge in [0.1, 0.15) is 5.75 Å². The van der Waals surface area contributed by atoms with Gasteiger partial charge in [-0.1, -0.05) is 19.1 Å². The van der Waals surface area contributed by atoms with E-state index in [1.54, 1.807) is 7.11 Å². The SMILES string of the molecule is CCc1ccc(CO)c(OC)c1. The van der Waals surface area contributed by atoms with Gasteiger partial charge in [-0.2, -0.15) is 0 Å². The summed E-state index contributed by atoms with van der Waals surface area (Å²) in [6, 6.07) is 5.87. The first-order valence-electron chi connectivity index (χ1n) is 4.08. The van der Waals surface area contributed by atoms with E-state index in [9.17, 15) is 0 Å². The zero-order valence-corrected chi connectivity index (χ0v) is 7.50. The minimum absolute atomic E-state index is 0.0349. The second kappa shape index (κ2) is 4.12.